The van der Waals surface area contributed by atoms with Crippen LogP contribution in [0.25, 0.3) is 0 Å². The number of aromatic nitrogens is 4. The summed E-state index contributed by atoms with van der Waals surface area (Å²) in [4.78, 5) is 25.4. The zero-order chi connectivity index (χ0) is 18.1. The average molecular weight is 356 g/mol. The Hall–Kier alpha value is -2.48. The average Bonchev–Trinajstić information content (AvgIpc) is 3.07. The van der Waals surface area contributed by atoms with Crippen LogP contribution in [0.4, 0.5) is 5.95 Å². The fourth-order valence-corrected chi connectivity index (χ4v) is 4.53. The van der Waals surface area contributed by atoms with Crippen LogP contribution < -0.4 is 4.90 Å². The molecule has 2 aromatic rings. The predicted octanol–water partition coefficient (Wildman–Crippen LogP) is 1.16. The maximum absolute atomic E-state index is 12.4. The van der Waals surface area contributed by atoms with Crippen LogP contribution in [0.5, 0.6) is 0 Å². The number of aryl methyl sites for hydroxylation is 1. The van der Waals surface area contributed by atoms with E-state index in [2.05, 4.69) is 20.0 Å². The standard InChI is InChI=1S/C18H24N6O2/c1-22-11-14(10-21-22)12-23-8-2-5-18(16(25)26)13-24(9-4-15(18)23)17-19-6-3-7-20-17/h3,6-7,10-11,15H,2,4-5,8-9,12-13H2,1H3,(H,25,26)/t15-,18+/m1/s1. The van der Waals surface area contributed by atoms with Gasteiger partial charge >= 0.3 is 5.97 Å². The number of hydrogen-bond donors (Lipinski definition) is 1. The number of nitrogens with zero attached hydrogens (tertiary/aromatic N) is 6. The van der Waals surface area contributed by atoms with Crippen LogP contribution in [-0.2, 0) is 18.4 Å². The molecule has 0 unspecified atom stereocenters. The van der Waals surface area contributed by atoms with Crippen LogP contribution in [0, 0.1) is 5.41 Å². The molecule has 8 heteroatoms. The molecular weight excluding hydrogens is 332 g/mol. The number of carboxylic acids is 1. The first-order valence-corrected chi connectivity index (χ1v) is 9.05. The summed E-state index contributed by atoms with van der Waals surface area (Å²) >= 11 is 0. The Labute approximate surface area is 152 Å². The van der Waals surface area contributed by atoms with Crippen molar-refractivity contribution in [2.75, 3.05) is 24.5 Å². The molecule has 2 aromatic heterocycles. The van der Waals surface area contributed by atoms with Gasteiger partial charge in [-0.15, -0.1) is 0 Å². The van der Waals surface area contributed by atoms with Gasteiger partial charge < -0.3 is 10.0 Å². The van der Waals surface area contributed by atoms with E-state index >= 15 is 0 Å². The quantitative estimate of drug-likeness (QED) is 0.879. The molecule has 2 saturated heterocycles. The number of likely N-dealkylation sites (tertiary alicyclic amines) is 1. The van der Waals surface area contributed by atoms with E-state index in [0.717, 1.165) is 38.0 Å². The van der Waals surface area contributed by atoms with Crippen molar-refractivity contribution in [3.05, 3.63) is 36.4 Å². The molecule has 4 rings (SSSR count). The van der Waals surface area contributed by atoms with Crippen molar-refractivity contribution in [3.8, 4) is 0 Å². The molecule has 0 radical (unpaired) electrons. The van der Waals surface area contributed by atoms with Crippen molar-refractivity contribution < 1.29 is 9.90 Å². The molecule has 2 fully saturated rings. The van der Waals surface area contributed by atoms with Gasteiger partial charge in [-0.1, -0.05) is 0 Å². The van der Waals surface area contributed by atoms with Crippen LogP contribution in [0.2, 0.25) is 0 Å². The van der Waals surface area contributed by atoms with E-state index in [1.54, 1.807) is 23.1 Å². The Morgan fingerprint density at radius 3 is 2.85 bits per heavy atom. The SMILES string of the molecule is Cn1cc(CN2CCC[C@]3(C(=O)O)CN(c4ncccn4)CC[C@@H]23)cn1. The first-order chi connectivity index (χ1) is 12.6. The van der Waals surface area contributed by atoms with E-state index in [-0.39, 0.29) is 6.04 Å². The van der Waals surface area contributed by atoms with Crippen molar-refractivity contribution in [2.45, 2.75) is 31.8 Å². The lowest BCUT2D eigenvalue weighted by atomic mass is 9.69. The summed E-state index contributed by atoms with van der Waals surface area (Å²) in [5.74, 6) is -0.0880. The summed E-state index contributed by atoms with van der Waals surface area (Å²) in [6.45, 7) is 2.90. The van der Waals surface area contributed by atoms with Crippen LogP contribution in [0.1, 0.15) is 24.8 Å². The molecule has 2 aliphatic heterocycles. The molecule has 0 saturated carbocycles. The van der Waals surface area contributed by atoms with Crippen molar-refractivity contribution >= 4 is 11.9 Å². The second kappa shape index (κ2) is 6.68. The zero-order valence-electron chi connectivity index (χ0n) is 15.0. The Balaban J connectivity index is 1.59. The normalized spacial score (nSPS) is 26.5. The zero-order valence-corrected chi connectivity index (χ0v) is 15.0. The first-order valence-electron chi connectivity index (χ1n) is 9.05. The molecule has 0 amide bonds. The molecule has 0 bridgehead atoms. The van der Waals surface area contributed by atoms with E-state index in [4.69, 9.17) is 0 Å². The molecule has 1 N–H and O–H groups in total. The number of hydrogen-bond acceptors (Lipinski definition) is 6. The second-order valence-corrected chi connectivity index (χ2v) is 7.33. The molecule has 26 heavy (non-hydrogen) atoms. The molecule has 0 aliphatic carbocycles. The summed E-state index contributed by atoms with van der Waals surface area (Å²) in [5, 5.41) is 14.4. The maximum atomic E-state index is 12.4. The van der Waals surface area contributed by atoms with E-state index < -0.39 is 11.4 Å². The highest BCUT2D eigenvalue weighted by molar-refractivity contribution is 5.77. The molecular formula is C18H24N6O2. The van der Waals surface area contributed by atoms with Gasteiger partial charge in [0.2, 0.25) is 5.95 Å². The number of fused-ring (bicyclic) bond motifs is 1. The molecule has 4 heterocycles. The van der Waals surface area contributed by atoms with Crippen LogP contribution in [0.3, 0.4) is 0 Å². The Kier molecular flexibility index (Phi) is 4.36. The topological polar surface area (TPSA) is 87.4 Å². The van der Waals surface area contributed by atoms with Gasteiger partial charge in [-0.3, -0.25) is 14.4 Å². The van der Waals surface area contributed by atoms with Gasteiger partial charge in [-0.2, -0.15) is 5.10 Å². The van der Waals surface area contributed by atoms with Crippen LogP contribution >= 0.6 is 0 Å². The van der Waals surface area contributed by atoms with Crippen LogP contribution in [0.15, 0.2) is 30.9 Å². The van der Waals surface area contributed by atoms with Gasteiger partial charge in [0.05, 0.1) is 6.20 Å². The summed E-state index contributed by atoms with van der Waals surface area (Å²) in [6.07, 6.45) is 9.65. The van der Waals surface area contributed by atoms with Gasteiger partial charge in [0.25, 0.3) is 0 Å². The van der Waals surface area contributed by atoms with Crippen molar-refractivity contribution in [2.24, 2.45) is 12.5 Å². The van der Waals surface area contributed by atoms with Gasteiger partial charge in [-0.05, 0) is 31.9 Å². The highest BCUT2D eigenvalue weighted by Crippen LogP contribution is 2.43. The number of aliphatic carboxylic acids is 1. The molecule has 0 spiro atoms. The predicted molar refractivity (Wildman–Crippen MR) is 95.6 cm³/mol. The third-order valence-corrected chi connectivity index (χ3v) is 5.70. The fourth-order valence-electron chi connectivity index (χ4n) is 4.53. The van der Waals surface area contributed by atoms with Crippen LogP contribution in [-0.4, -0.2) is 61.4 Å². The third kappa shape index (κ3) is 2.94. The minimum atomic E-state index is -0.780. The Bertz CT molecular complexity index is 779. The number of rotatable bonds is 4. The smallest absolute Gasteiger partial charge is 0.313 e. The lowest BCUT2D eigenvalue weighted by Gasteiger charge is -2.52. The lowest BCUT2D eigenvalue weighted by molar-refractivity contribution is -0.158. The highest BCUT2D eigenvalue weighted by atomic mass is 16.4. The number of carbonyl (C=O) groups is 1. The molecule has 2 aliphatic rings. The number of piperidine rings is 2. The minimum absolute atomic E-state index is 0.0221. The second-order valence-electron chi connectivity index (χ2n) is 7.33. The highest BCUT2D eigenvalue weighted by Gasteiger charge is 2.53. The number of carboxylic acid groups (broad SMARTS) is 1. The van der Waals surface area contributed by atoms with Gasteiger partial charge in [0, 0.05) is 56.9 Å². The first kappa shape index (κ1) is 17.0. The maximum Gasteiger partial charge on any atom is 0.313 e. The largest absolute Gasteiger partial charge is 0.481 e. The van der Waals surface area contributed by atoms with Crippen molar-refractivity contribution in [3.63, 3.8) is 0 Å². The van der Waals surface area contributed by atoms with E-state index in [1.165, 1.54) is 0 Å². The summed E-state index contributed by atoms with van der Waals surface area (Å²) < 4.78 is 1.79. The Morgan fingerprint density at radius 1 is 1.35 bits per heavy atom. The Morgan fingerprint density at radius 2 is 2.15 bits per heavy atom. The van der Waals surface area contributed by atoms with Gasteiger partial charge in [-0.25, -0.2) is 9.97 Å². The fraction of sp³-hybridized carbons (Fsp3) is 0.556. The summed E-state index contributed by atoms with van der Waals surface area (Å²) in [6, 6.07) is 1.80. The lowest BCUT2D eigenvalue weighted by Crippen LogP contribution is -2.64. The summed E-state index contributed by atoms with van der Waals surface area (Å²) in [7, 11) is 1.90. The van der Waals surface area contributed by atoms with Gasteiger partial charge in [0.15, 0.2) is 0 Å². The van der Waals surface area contributed by atoms with Gasteiger partial charge in [0.1, 0.15) is 5.41 Å². The summed E-state index contributed by atoms with van der Waals surface area (Å²) in [5.41, 5.74) is 0.347. The van der Waals surface area contributed by atoms with E-state index in [0.29, 0.717) is 18.9 Å². The van der Waals surface area contributed by atoms with Crippen molar-refractivity contribution in [1.82, 2.24) is 24.6 Å². The van der Waals surface area contributed by atoms with E-state index in [9.17, 15) is 9.90 Å². The molecule has 138 valence electrons. The molecule has 2 atom stereocenters. The minimum Gasteiger partial charge on any atom is -0.481 e. The number of anilines is 1. The molecule has 0 aromatic carbocycles. The van der Waals surface area contributed by atoms with Crippen molar-refractivity contribution in [1.29, 1.82) is 0 Å². The molecule has 8 nitrogen and oxygen atoms in total. The monoisotopic (exact) mass is 356 g/mol. The van der Waals surface area contributed by atoms with E-state index in [1.807, 2.05) is 24.3 Å². The third-order valence-electron chi connectivity index (χ3n) is 5.70.